The van der Waals surface area contributed by atoms with Crippen LogP contribution in [0.1, 0.15) is 6.42 Å². The normalized spacial score (nSPS) is 19.4. The van der Waals surface area contributed by atoms with Gasteiger partial charge in [-0.05, 0) is 35.3 Å². The number of halogens is 1. The third kappa shape index (κ3) is 2.54. The SMILES string of the molecule is S=C=NC1=CC/C(=C/Br)C=C1. The van der Waals surface area contributed by atoms with Gasteiger partial charge in [-0.15, -0.1) is 0 Å². The summed E-state index contributed by atoms with van der Waals surface area (Å²) in [4.78, 5) is 5.75. The van der Waals surface area contributed by atoms with E-state index in [1.807, 2.05) is 23.2 Å². The molecule has 0 radical (unpaired) electrons. The molecule has 11 heavy (non-hydrogen) atoms. The van der Waals surface area contributed by atoms with Crippen LogP contribution in [-0.2, 0) is 0 Å². The predicted octanol–water partition coefficient (Wildman–Crippen LogP) is 3.21. The van der Waals surface area contributed by atoms with Crippen molar-refractivity contribution in [3.05, 3.63) is 34.5 Å². The second-order valence-corrected chi connectivity index (χ2v) is 2.69. The molecule has 0 heterocycles. The van der Waals surface area contributed by atoms with Crippen molar-refractivity contribution in [2.75, 3.05) is 0 Å². The topological polar surface area (TPSA) is 12.4 Å². The van der Waals surface area contributed by atoms with Gasteiger partial charge < -0.3 is 0 Å². The summed E-state index contributed by atoms with van der Waals surface area (Å²) >= 11 is 7.74. The van der Waals surface area contributed by atoms with Gasteiger partial charge in [-0.2, -0.15) is 4.99 Å². The molecule has 0 N–H and O–H groups in total. The van der Waals surface area contributed by atoms with Gasteiger partial charge in [0.2, 0.25) is 0 Å². The molecule has 0 saturated carbocycles. The summed E-state index contributed by atoms with van der Waals surface area (Å²) in [5.41, 5.74) is 2.12. The van der Waals surface area contributed by atoms with Gasteiger partial charge in [0.15, 0.2) is 0 Å². The van der Waals surface area contributed by atoms with E-state index in [9.17, 15) is 0 Å². The van der Waals surface area contributed by atoms with Gasteiger partial charge in [0.05, 0.1) is 10.9 Å². The molecule has 0 saturated heterocycles. The summed E-state index contributed by atoms with van der Waals surface area (Å²) in [6.45, 7) is 0. The molecule has 0 aromatic carbocycles. The summed E-state index contributed by atoms with van der Waals surface area (Å²) in [5, 5.41) is 2.33. The summed E-state index contributed by atoms with van der Waals surface area (Å²) in [5.74, 6) is 0. The number of isothiocyanates is 1. The summed E-state index contributed by atoms with van der Waals surface area (Å²) in [7, 11) is 0. The van der Waals surface area contributed by atoms with Crippen LogP contribution in [-0.4, -0.2) is 5.16 Å². The molecule has 0 spiro atoms. The molecule has 3 heteroatoms. The van der Waals surface area contributed by atoms with E-state index in [0.29, 0.717) is 0 Å². The highest BCUT2D eigenvalue weighted by Crippen LogP contribution is 2.16. The zero-order valence-corrected chi connectivity index (χ0v) is 8.15. The zero-order chi connectivity index (χ0) is 8.10. The first kappa shape index (κ1) is 8.60. The van der Waals surface area contributed by atoms with E-state index in [0.717, 1.165) is 12.1 Å². The summed E-state index contributed by atoms with van der Waals surface area (Å²) in [6.07, 6.45) is 6.82. The fourth-order valence-electron chi connectivity index (χ4n) is 0.767. The van der Waals surface area contributed by atoms with Gasteiger partial charge in [0, 0.05) is 0 Å². The number of nitrogens with zero attached hydrogens (tertiary/aromatic N) is 1. The van der Waals surface area contributed by atoms with Crippen LogP contribution in [0.3, 0.4) is 0 Å². The lowest BCUT2D eigenvalue weighted by molar-refractivity contribution is 1.21. The Balaban J connectivity index is 2.74. The average Bonchev–Trinajstić information content (AvgIpc) is 2.07. The molecule has 0 fully saturated rings. The molecule has 0 amide bonds. The molecule has 0 aromatic rings. The average molecular weight is 228 g/mol. The van der Waals surface area contributed by atoms with E-state index >= 15 is 0 Å². The molecule has 0 bridgehead atoms. The highest BCUT2D eigenvalue weighted by molar-refractivity contribution is 9.11. The lowest BCUT2D eigenvalue weighted by Crippen LogP contribution is -1.83. The van der Waals surface area contributed by atoms with Crippen LogP contribution in [0, 0.1) is 0 Å². The lowest BCUT2D eigenvalue weighted by atomic mass is 10.1. The van der Waals surface area contributed by atoms with Gasteiger partial charge in [0.25, 0.3) is 0 Å². The third-order valence-electron chi connectivity index (χ3n) is 1.33. The first-order valence-corrected chi connectivity index (χ1v) is 4.44. The van der Waals surface area contributed by atoms with E-state index < -0.39 is 0 Å². The van der Waals surface area contributed by atoms with Crippen molar-refractivity contribution in [1.82, 2.24) is 0 Å². The lowest BCUT2D eigenvalue weighted by Gasteiger charge is -2.01. The van der Waals surface area contributed by atoms with Crippen LogP contribution < -0.4 is 0 Å². The van der Waals surface area contributed by atoms with Crippen molar-refractivity contribution in [1.29, 1.82) is 0 Å². The number of thiocarbonyl (C=S) groups is 1. The maximum atomic E-state index is 4.48. The fraction of sp³-hybridized carbons (Fsp3) is 0.125. The van der Waals surface area contributed by atoms with Crippen molar-refractivity contribution in [3.63, 3.8) is 0 Å². The number of allylic oxidation sites excluding steroid dienone is 4. The highest BCUT2D eigenvalue weighted by atomic mass is 79.9. The van der Waals surface area contributed by atoms with Gasteiger partial charge in [0.1, 0.15) is 0 Å². The van der Waals surface area contributed by atoms with Crippen LogP contribution in [0.15, 0.2) is 39.5 Å². The Morgan fingerprint density at radius 1 is 1.64 bits per heavy atom. The number of hydrogen-bond donors (Lipinski definition) is 0. The highest BCUT2D eigenvalue weighted by Gasteiger charge is 1.97. The van der Waals surface area contributed by atoms with Gasteiger partial charge >= 0.3 is 0 Å². The smallest absolute Gasteiger partial charge is 0.0703 e. The molecule has 56 valence electrons. The monoisotopic (exact) mass is 227 g/mol. The van der Waals surface area contributed by atoms with Gasteiger partial charge in [-0.3, -0.25) is 0 Å². The molecule has 1 rings (SSSR count). The molecule has 0 atom stereocenters. The van der Waals surface area contributed by atoms with Crippen LogP contribution >= 0.6 is 28.1 Å². The molecule has 0 aliphatic heterocycles. The molecule has 1 aliphatic carbocycles. The molecular formula is C8H6BrNS. The van der Waals surface area contributed by atoms with E-state index in [1.54, 1.807) is 0 Å². The van der Waals surface area contributed by atoms with Gasteiger partial charge in [-0.1, -0.05) is 28.1 Å². The van der Waals surface area contributed by atoms with Crippen LogP contribution in [0.4, 0.5) is 0 Å². The summed E-state index contributed by atoms with van der Waals surface area (Å²) in [6, 6.07) is 0. The Hall–Kier alpha value is -0.500. The zero-order valence-electron chi connectivity index (χ0n) is 5.75. The molecule has 0 unspecified atom stereocenters. The Bertz CT molecular complexity index is 282. The maximum absolute atomic E-state index is 4.48. The van der Waals surface area contributed by atoms with Crippen LogP contribution in [0.5, 0.6) is 0 Å². The van der Waals surface area contributed by atoms with E-state index in [4.69, 9.17) is 0 Å². The quantitative estimate of drug-likeness (QED) is 0.495. The van der Waals surface area contributed by atoms with Crippen molar-refractivity contribution < 1.29 is 0 Å². The van der Waals surface area contributed by atoms with Crippen LogP contribution in [0.2, 0.25) is 0 Å². The van der Waals surface area contributed by atoms with Gasteiger partial charge in [-0.25, -0.2) is 0 Å². The van der Waals surface area contributed by atoms with Crippen molar-refractivity contribution in [2.24, 2.45) is 4.99 Å². The standard InChI is InChI=1S/C8H6BrNS/c9-5-7-1-3-8(4-2-7)10-6-11/h1,3-5H,2H2/b7-5+. The Labute approximate surface area is 79.3 Å². The molecule has 1 nitrogen and oxygen atoms in total. The van der Waals surface area contributed by atoms with E-state index in [-0.39, 0.29) is 0 Å². The van der Waals surface area contributed by atoms with Crippen molar-refractivity contribution >= 4 is 33.3 Å². The summed E-state index contributed by atoms with van der Waals surface area (Å²) < 4.78 is 0. The first-order valence-electron chi connectivity index (χ1n) is 3.12. The first-order chi connectivity index (χ1) is 5.36. The number of rotatable bonds is 1. The van der Waals surface area contributed by atoms with Crippen LogP contribution in [0.25, 0.3) is 0 Å². The molecule has 0 aromatic heterocycles. The fourth-order valence-corrected chi connectivity index (χ4v) is 1.21. The Morgan fingerprint density at radius 3 is 2.91 bits per heavy atom. The minimum absolute atomic E-state index is 0.887. The Kier molecular flexibility index (Phi) is 3.43. The Morgan fingerprint density at radius 2 is 2.45 bits per heavy atom. The van der Waals surface area contributed by atoms with Crippen molar-refractivity contribution in [2.45, 2.75) is 6.42 Å². The molecular weight excluding hydrogens is 222 g/mol. The number of hydrogen-bond acceptors (Lipinski definition) is 2. The van der Waals surface area contributed by atoms with E-state index in [1.165, 1.54) is 5.57 Å². The minimum Gasteiger partial charge on any atom is -0.195 e. The minimum atomic E-state index is 0.887. The van der Waals surface area contributed by atoms with Crippen molar-refractivity contribution in [3.8, 4) is 0 Å². The third-order valence-corrected chi connectivity index (χ3v) is 2.01. The van der Waals surface area contributed by atoms with E-state index in [2.05, 4.69) is 38.3 Å². The largest absolute Gasteiger partial charge is 0.195 e. The predicted molar refractivity (Wildman–Crippen MR) is 53.9 cm³/mol. The number of aliphatic imine (C=N–C) groups is 1. The molecule has 1 aliphatic rings. The second-order valence-electron chi connectivity index (χ2n) is 2.05. The maximum Gasteiger partial charge on any atom is 0.0703 e. The second kappa shape index (κ2) is 4.39.